The lowest BCUT2D eigenvalue weighted by Gasteiger charge is -2.27. The van der Waals surface area contributed by atoms with Crippen LogP contribution >= 0.6 is 11.3 Å². The number of carboxylic acids is 1. The second kappa shape index (κ2) is 17.0. The Bertz CT molecular complexity index is 1300. The molecule has 1 unspecified atom stereocenters. The van der Waals surface area contributed by atoms with Gasteiger partial charge in [0.05, 0.1) is 11.4 Å². The van der Waals surface area contributed by atoms with Crippen LogP contribution in [-0.4, -0.2) is 76.6 Å². The van der Waals surface area contributed by atoms with Gasteiger partial charge < -0.3 is 26.4 Å². The predicted molar refractivity (Wildman–Crippen MR) is 171 cm³/mol. The average Bonchev–Trinajstić information content (AvgIpc) is 3.58. The number of amides is 2. The fourth-order valence-corrected chi connectivity index (χ4v) is 8.22. The van der Waals surface area contributed by atoms with E-state index in [-0.39, 0.29) is 23.3 Å². The molecule has 13 heteroatoms. The van der Waals surface area contributed by atoms with Gasteiger partial charge in [-0.3, -0.25) is 14.4 Å². The van der Waals surface area contributed by atoms with E-state index in [2.05, 4.69) is 26.0 Å². The highest BCUT2D eigenvalue weighted by atomic mass is 32.2. The molecular formula is C31H45N5O6S2. The SMILES string of the molecule is O=C(CNC(=O)C(CCC1CCNCC1)CCC1CCNCC1)NCC(NS(=O)(=O)c1ccccc1-c1cccs1)C(=O)O. The number of benzene rings is 1. The third kappa shape index (κ3) is 10.4. The fourth-order valence-electron chi connectivity index (χ4n) is 5.98. The normalized spacial score (nSPS) is 17.3. The van der Waals surface area contributed by atoms with Crippen molar-refractivity contribution in [1.82, 2.24) is 26.0 Å². The average molecular weight is 648 g/mol. The maximum absolute atomic E-state index is 13.2. The first-order valence-corrected chi connectivity index (χ1v) is 17.9. The zero-order chi connectivity index (χ0) is 31.4. The number of hydrogen-bond acceptors (Lipinski definition) is 8. The van der Waals surface area contributed by atoms with Crippen molar-refractivity contribution in [1.29, 1.82) is 0 Å². The summed E-state index contributed by atoms with van der Waals surface area (Å²) in [6, 6.07) is 8.34. The first-order chi connectivity index (χ1) is 21.2. The molecule has 3 heterocycles. The van der Waals surface area contributed by atoms with E-state index in [1.807, 2.05) is 5.38 Å². The Morgan fingerprint density at radius 3 is 2.07 bits per heavy atom. The Hall–Kier alpha value is -2.84. The minimum Gasteiger partial charge on any atom is -0.480 e. The van der Waals surface area contributed by atoms with Gasteiger partial charge in [0, 0.05) is 22.9 Å². The zero-order valence-electron chi connectivity index (χ0n) is 25.1. The molecule has 4 rings (SSSR count). The lowest BCUT2D eigenvalue weighted by molar-refractivity contribution is -0.139. The summed E-state index contributed by atoms with van der Waals surface area (Å²) in [4.78, 5) is 38.5. The van der Waals surface area contributed by atoms with Crippen LogP contribution in [0.4, 0.5) is 0 Å². The summed E-state index contributed by atoms with van der Waals surface area (Å²) in [5, 5.41) is 23.5. The van der Waals surface area contributed by atoms with E-state index >= 15 is 0 Å². The van der Waals surface area contributed by atoms with Gasteiger partial charge in [-0.2, -0.15) is 4.72 Å². The quantitative estimate of drug-likeness (QED) is 0.162. The number of rotatable bonds is 16. The van der Waals surface area contributed by atoms with Crippen LogP contribution in [0, 0.1) is 17.8 Å². The smallest absolute Gasteiger partial charge is 0.323 e. The molecule has 2 aliphatic heterocycles. The molecule has 2 amide bonds. The van der Waals surface area contributed by atoms with Crippen molar-refractivity contribution in [3.8, 4) is 10.4 Å². The number of aliphatic carboxylic acids is 1. The first kappa shape index (κ1) is 34.0. The highest BCUT2D eigenvalue weighted by Crippen LogP contribution is 2.31. The van der Waals surface area contributed by atoms with Crippen molar-refractivity contribution in [2.45, 2.75) is 62.3 Å². The van der Waals surface area contributed by atoms with E-state index in [9.17, 15) is 27.9 Å². The topological polar surface area (TPSA) is 166 Å². The predicted octanol–water partition coefficient (Wildman–Crippen LogP) is 2.55. The van der Waals surface area contributed by atoms with E-state index in [0.29, 0.717) is 17.4 Å². The van der Waals surface area contributed by atoms with Crippen LogP contribution in [0.5, 0.6) is 0 Å². The third-order valence-corrected chi connectivity index (χ3v) is 11.1. The maximum atomic E-state index is 13.2. The van der Waals surface area contributed by atoms with Gasteiger partial charge in [0.25, 0.3) is 0 Å². The third-order valence-electron chi connectivity index (χ3n) is 8.62. The van der Waals surface area contributed by atoms with Crippen LogP contribution in [-0.2, 0) is 24.4 Å². The van der Waals surface area contributed by atoms with Gasteiger partial charge in [0.1, 0.15) is 6.04 Å². The van der Waals surface area contributed by atoms with Gasteiger partial charge in [-0.25, -0.2) is 8.42 Å². The van der Waals surface area contributed by atoms with Crippen molar-refractivity contribution in [3.05, 3.63) is 41.8 Å². The molecule has 0 bridgehead atoms. The van der Waals surface area contributed by atoms with E-state index < -0.39 is 34.5 Å². The summed E-state index contributed by atoms with van der Waals surface area (Å²) in [5.41, 5.74) is 0.459. The van der Waals surface area contributed by atoms with Crippen LogP contribution < -0.4 is 26.0 Å². The molecule has 2 fully saturated rings. The van der Waals surface area contributed by atoms with Gasteiger partial charge in [-0.1, -0.05) is 24.3 Å². The molecule has 2 aliphatic rings. The van der Waals surface area contributed by atoms with Crippen LogP contribution in [0.2, 0.25) is 0 Å². The van der Waals surface area contributed by atoms with Gasteiger partial charge >= 0.3 is 5.97 Å². The molecule has 2 aromatic rings. The van der Waals surface area contributed by atoms with Crippen LogP contribution in [0.25, 0.3) is 10.4 Å². The van der Waals surface area contributed by atoms with Gasteiger partial charge in [-0.15, -0.1) is 11.3 Å². The van der Waals surface area contributed by atoms with Crippen molar-refractivity contribution < 1.29 is 27.9 Å². The van der Waals surface area contributed by atoms with Crippen molar-refractivity contribution in [2.24, 2.45) is 17.8 Å². The lowest BCUT2D eigenvalue weighted by Crippen LogP contribution is -2.50. The summed E-state index contributed by atoms with van der Waals surface area (Å²) in [7, 11) is -4.23. The molecule has 0 saturated carbocycles. The molecule has 44 heavy (non-hydrogen) atoms. The van der Waals surface area contributed by atoms with Crippen LogP contribution in [0.15, 0.2) is 46.7 Å². The Labute approximate surface area is 264 Å². The molecule has 0 radical (unpaired) electrons. The van der Waals surface area contributed by atoms with Gasteiger partial charge in [-0.05, 0) is 107 Å². The Morgan fingerprint density at radius 1 is 0.886 bits per heavy atom. The number of carbonyl (C=O) groups excluding carboxylic acids is 2. The van der Waals surface area contributed by atoms with E-state index in [0.717, 1.165) is 82.4 Å². The molecule has 0 aliphatic carbocycles. The second-order valence-electron chi connectivity index (χ2n) is 11.7. The number of thiophene rings is 1. The first-order valence-electron chi connectivity index (χ1n) is 15.6. The molecule has 2 saturated heterocycles. The molecule has 11 nitrogen and oxygen atoms in total. The Morgan fingerprint density at radius 2 is 1.50 bits per heavy atom. The molecule has 1 atom stereocenters. The largest absolute Gasteiger partial charge is 0.480 e. The molecule has 0 spiro atoms. The number of hydrogen-bond donors (Lipinski definition) is 6. The minimum absolute atomic E-state index is 0.0488. The number of sulfonamides is 1. The highest BCUT2D eigenvalue weighted by Gasteiger charge is 2.29. The summed E-state index contributed by atoms with van der Waals surface area (Å²) in [6.45, 7) is 3.24. The summed E-state index contributed by atoms with van der Waals surface area (Å²) in [5.74, 6) is -1.16. The minimum atomic E-state index is -4.23. The Balaban J connectivity index is 1.29. The van der Waals surface area contributed by atoms with Crippen molar-refractivity contribution >= 4 is 39.1 Å². The molecule has 242 valence electrons. The number of carbonyl (C=O) groups is 3. The maximum Gasteiger partial charge on any atom is 0.323 e. The highest BCUT2D eigenvalue weighted by molar-refractivity contribution is 7.89. The number of nitrogens with one attached hydrogen (secondary N) is 5. The monoisotopic (exact) mass is 647 g/mol. The van der Waals surface area contributed by atoms with Gasteiger partial charge in [0.15, 0.2) is 0 Å². The molecule has 1 aromatic heterocycles. The second-order valence-corrected chi connectivity index (χ2v) is 14.4. The van der Waals surface area contributed by atoms with E-state index in [1.165, 1.54) is 17.4 Å². The van der Waals surface area contributed by atoms with Gasteiger partial charge in [0.2, 0.25) is 21.8 Å². The molecular weight excluding hydrogens is 603 g/mol. The molecule has 6 N–H and O–H groups in total. The standard InChI is InChI=1S/C31H45N5O6S2/c37-29(21-35-30(38)24(9-7-22-11-15-32-16-12-22)10-8-23-13-17-33-18-14-23)34-20-26(31(39)40)36-44(41,42)28-6-2-1-4-25(28)27-5-3-19-43-27/h1-6,19,22-24,26,32-33,36H,7-18,20-21H2,(H,34,37)(H,35,38)(H,39,40). The zero-order valence-corrected chi connectivity index (χ0v) is 26.7. The van der Waals surface area contributed by atoms with E-state index in [1.54, 1.807) is 30.3 Å². The molecule has 1 aromatic carbocycles. The van der Waals surface area contributed by atoms with Crippen LogP contribution in [0.3, 0.4) is 0 Å². The number of piperidine rings is 2. The lowest BCUT2D eigenvalue weighted by atomic mass is 9.84. The Kier molecular flexibility index (Phi) is 13.2. The summed E-state index contributed by atoms with van der Waals surface area (Å²) >= 11 is 1.37. The summed E-state index contributed by atoms with van der Waals surface area (Å²) < 4.78 is 28.6. The van der Waals surface area contributed by atoms with Crippen molar-refractivity contribution in [3.63, 3.8) is 0 Å². The number of carboxylic acid groups (broad SMARTS) is 1. The van der Waals surface area contributed by atoms with Crippen LogP contribution in [0.1, 0.15) is 51.4 Å². The fraction of sp³-hybridized carbons (Fsp3) is 0.581. The van der Waals surface area contributed by atoms with E-state index in [4.69, 9.17) is 0 Å². The summed E-state index contributed by atoms with van der Waals surface area (Å²) in [6.07, 6.45) is 7.96. The van der Waals surface area contributed by atoms with Crippen molar-refractivity contribution in [2.75, 3.05) is 39.3 Å².